The molecule has 0 fully saturated rings. The van der Waals surface area contributed by atoms with Crippen LogP contribution in [0.4, 0.5) is 4.39 Å². The predicted molar refractivity (Wildman–Crippen MR) is 92.1 cm³/mol. The number of aromatic nitrogens is 3. The van der Waals surface area contributed by atoms with Gasteiger partial charge >= 0.3 is 0 Å². The fourth-order valence-electron chi connectivity index (χ4n) is 2.45. The van der Waals surface area contributed by atoms with Crippen LogP contribution < -0.4 is 0 Å². The number of hydrogen-bond acceptors (Lipinski definition) is 3. The molecule has 3 nitrogen and oxygen atoms in total. The highest BCUT2D eigenvalue weighted by Gasteiger charge is 2.12. The highest BCUT2D eigenvalue weighted by Crippen LogP contribution is 2.23. The van der Waals surface area contributed by atoms with Crippen molar-refractivity contribution in [1.82, 2.24) is 14.5 Å². The topological polar surface area (TPSA) is 30.7 Å². The SMILES string of the molecule is Fc1ccc2c(c1)nc(/C=C/c1cccs1)n2-c1ccccn1. The van der Waals surface area contributed by atoms with E-state index in [-0.39, 0.29) is 5.82 Å². The van der Waals surface area contributed by atoms with E-state index in [4.69, 9.17) is 0 Å². The van der Waals surface area contributed by atoms with Gasteiger partial charge < -0.3 is 0 Å². The summed E-state index contributed by atoms with van der Waals surface area (Å²) < 4.78 is 15.4. The summed E-state index contributed by atoms with van der Waals surface area (Å²) in [5.74, 6) is 1.18. The highest BCUT2D eigenvalue weighted by molar-refractivity contribution is 7.10. The summed E-state index contributed by atoms with van der Waals surface area (Å²) in [5, 5.41) is 2.02. The van der Waals surface area contributed by atoms with Crippen LogP contribution in [0.2, 0.25) is 0 Å². The molecule has 0 aliphatic rings. The van der Waals surface area contributed by atoms with Crippen LogP contribution in [0.15, 0.2) is 60.1 Å². The number of thiophene rings is 1. The van der Waals surface area contributed by atoms with Crippen LogP contribution in [0.1, 0.15) is 10.7 Å². The van der Waals surface area contributed by atoms with Crippen molar-refractivity contribution >= 4 is 34.5 Å². The number of nitrogens with zero attached hydrogens (tertiary/aromatic N) is 3. The molecule has 0 spiro atoms. The van der Waals surface area contributed by atoms with Crippen molar-refractivity contribution < 1.29 is 4.39 Å². The monoisotopic (exact) mass is 321 g/mol. The van der Waals surface area contributed by atoms with Crippen LogP contribution in [0.5, 0.6) is 0 Å². The van der Waals surface area contributed by atoms with Gasteiger partial charge in [0, 0.05) is 17.1 Å². The molecule has 3 aromatic heterocycles. The summed E-state index contributed by atoms with van der Waals surface area (Å²) in [6, 6.07) is 14.3. The molecule has 0 aliphatic heterocycles. The summed E-state index contributed by atoms with van der Waals surface area (Å²) in [7, 11) is 0. The molecule has 4 rings (SSSR count). The van der Waals surface area contributed by atoms with Crippen molar-refractivity contribution in [2.45, 2.75) is 0 Å². The minimum Gasteiger partial charge on any atom is -0.277 e. The lowest BCUT2D eigenvalue weighted by molar-refractivity contribution is 0.629. The first-order chi connectivity index (χ1) is 11.3. The molecular weight excluding hydrogens is 309 g/mol. The van der Waals surface area contributed by atoms with Gasteiger partial charge in [-0.3, -0.25) is 4.57 Å². The maximum atomic E-state index is 13.5. The number of rotatable bonds is 3. The molecule has 4 aromatic rings. The fourth-order valence-corrected chi connectivity index (χ4v) is 3.07. The van der Waals surface area contributed by atoms with E-state index >= 15 is 0 Å². The standard InChI is InChI=1S/C18H12FN3S/c19-13-6-8-16-15(12-13)21-18(9-7-14-4-3-11-23-14)22(16)17-5-1-2-10-20-17/h1-12H/b9-7+. The van der Waals surface area contributed by atoms with Gasteiger partial charge in [0.1, 0.15) is 17.5 Å². The molecule has 5 heteroatoms. The zero-order valence-corrected chi connectivity index (χ0v) is 12.9. The number of pyridine rings is 1. The summed E-state index contributed by atoms with van der Waals surface area (Å²) >= 11 is 1.65. The smallest absolute Gasteiger partial charge is 0.139 e. The Morgan fingerprint density at radius 1 is 1.04 bits per heavy atom. The average molecular weight is 321 g/mol. The molecule has 0 bridgehead atoms. The predicted octanol–water partition coefficient (Wildman–Crippen LogP) is 4.79. The Bertz CT molecular complexity index is 972. The zero-order chi connectivity index (χ0) is 15.6. The van der Waals surface area contributed by atoms with Crippen LogP contribution in [-0.2, 0) is 0 Å². The second-order valence-corrected chi connectivity index (χ2v) is 5.95. The second-order valence-electron chi connectivity index (χ2n) is 4.98. The second kappa shape index (κ2) is 5.78. The first kappa shape index (κ1) is 13.8. The van der Waals surface area contributed by atoms with E-state index in [1.807, 2.05) is 52.4 Å². The normalized spacial score (nSPS) is 11.5. The number of halogens is 1. The Kier molecular flexibility index (Phi) is 3.48. The average Bonchev–Trinajstić information content (AvgIpc) is 3.20. The molecule has 0 amide bonds. The van der Waals surface area contributed by atoms with Crippen LogP contribution >= 0.6 is 11.3 Å². The van der Waals surface area contributed by atoms with Crippen LogP contribution in [0.3, 0.4) is 0 Å². The first-order valence-corrected chi connectivity index (χ1v) is 8.00. The number of hydrogen-bond donors (Lipinski definition) is 0. The lowest BCUT2D eigenvalue weighted by atomic mass is 10.3. The Hall–Kier alpha value is -2.79. The molecule has 0 unspecified atom stereocenters. The molecule has 1 aromatic carbocycles. The van der Waals surface area contributed by atoms with Crippen molar-refractivity contribution in [2.24, 2.45) is 0 Å². The minimum absolute atomic E-state index is 0.294. The Morgan fingerprint density at radius 3 is 2.78 bits per heavy atom. The van der Waals surface area contributed by atoms with Gasteiger partial charge in [-0.25, -0.2) is 14.4 Å². The molecule has 23 heavy (non-hydrogen) atoms. The fraction of sp³-hybridized carbons (Fsp3) is 0. The van der Waals surface area contributed by atoms with E-state index < -0.39 is 0 Å². The van der Waals surface area contributed by atoms with E-state index in [0.717, 1.165) is 22.0 Å². The Labute approximate surface area is 136 Å². The Balaban J connectivity index is 1.92. The number of benzene rings is 1. The van der Waals surface area contributed by atoms with Gasteiger partial charge in [-0.15, -0.1) is 11.3 Å². The molecule has 0 saturated carbocycles. The third-order valence-corrected chi connectivity index (χ3v) is 4.30. The van der Waals surface area contributed by atoms with E-state index in [0.29, 0.717) is 5.52 Å². The molecule has 0 aliphatic carbocycles. The molecular formula is C18H12FN3S. The van der Waals surface area contributed by atoms with Crippen molar-refractivity contribution in [3.63, 3.8) is 0 Å². The van der Waals surface area contributed by atoms with Gasteiger partial charge in [0.15, 0.2) is 0 Å². The minimum atomic E-state index is -0.294. The van der Waals surface area contributed by atoms with Crippen molar-refractivity contribution in [1.29, 1.82) is 0 Å². The third-order valence-electron chi connectivity index (χ3n) is 3.46. The van der Waals surface area contributed by atoms with Crippen LogP contribution in [-0.4, -0.2) is 14.5 Å². The van der Waals surface area contributed by atoms with E-state index in [1.165, 1.54) is 12.1 Å². The van der Waals surface area contributed by atoms with E-state index in [2.05, 4.69) is 9.97 Å². The van der Waals surface area contributed by atoms with Crippen molar-refractivity contribution in [3.8, 4) is 5.82 Å². The first-order valence-electron chi connectivity index (χ1n) is 7.12. The molecule has 0 saturated heterocycles. The van der Waals surface area contributed by atoms with Gasteiger partial charge in [0.25, 0.3) is 0 Å². The van der Waals surface area contributed by atoms with Crippen LogP contribution in [0.25, 0.3) is 29.0 Å². The summed E-state index contributed by atoms with van der Waals surface area (Å²) in [6.45, 7) is 0. The third kappa shape index (κ3) is 2.66. The van der Waals surface area contributed by atoms with E-state index in [9.17, 15) is 4.39 Å². The highest BCUT2D eigenvalue weighted by atomic mass is 32.1. The summed E-state index contributed by atoms with van der Waals surface area (Å²) in [5.41, 5.74) is 1.44. The maximum Gasteiger partial charge on any atom is 0.139 e. The zero-order valence-electron chi connectivity index (χ0n) is 12.1. The van der Waals surface area contributed by atoms with Crippen molar-refractivity contribution in [3.05, 3.63) is 76.6 Å². The molecule has 0 atom stereocenters. The van der Waals surface area contributed by atoms with Gasteiger partial charge in [0.2, 0.25) is 0 Å². The Morgan fingerprint density at radius 2 is 2.00 bits per heavy atom. The molecule has 0 radical (unpaired) electrons. The van der Waals surface area contributed by atoms with Crippen molar-refractivity contribution in [2.75, 3.05) is 0 Å². The largest absolute Gasteiger partial charge is 0.277 e. The summed E-state index contributed by atoms with van der Waals surface area (Å²) in [4.78, 5) is 10.1. The molecule has 112 valence electrons. The van der Waals surface area contributed by atoms with Gasteiger partial charge in [-0.05, 0) is 47.9 Å². The molecule has 0 N–H and O–H groups in total. The van der Waals surface area contributed by atoms with Gasteiger partial charge in [-0.2, -0.15) is 0 Å². The van der Waals surface area contributed by atoms with Gasteiger partial charge in [0.05, 0.1) is 11.0 Å². The number of fused-ring (bicyclic) bond motifs is 1. The van der Waals surface area contributed by atoms with Gasteiger partial charge in [-0.1, -0.05) is 12.1 Å². The number of imidazole rings is 1. The lowest BCUT2D eigenvalue weighted by Gasteiger charge is -2.05. The van der Waals surface area contributed by atoms with Crippen LogP contribution in [0, 0.1) is 5.82 Å². The maximum absolute atomic E-state index is 13.5. The quantitative estimate of drug-likeness (QED) is 0.543. The summed E-state index contributed by atoms with van der Waals surface area (Å²) in [6.07, 6.45) is 5.66. The lowest BCUT2D eigenvalue weighted by Crippen LogP contribution is -1.99. The molecule has 3 heterocycles. The van der Waals surface area contributed by atoms with E-state index in [1.54, 1.807) is 23.6 Å².